The van der Waals surface area contributed by atoms with E-state index in [1.165, 1.54) is 11.8 Å². The van der Waals surface area contributed by atoms with Gasteiger partial charge in [-0.05, 0) is 29.8 Å². The molecule has 6 heteroatoms. The second-order valence-corrected chi connectivity index (χ2v) is 7.35. The van der Waals surface area contributed by atoms with Gasteiger partial charge in [-0.2, -0.15) is 0 Å². The van der Waals surface area contributed by atoms with Crippen molar-refractivity contribution in [2.45, 2.75) is 11.7 Å². The standard InChI is InChI=1S/C23H20N4OS/c28-22(17-29-23-25-24-18-27(23)21-14-8-3-9-15-21)26(20-12-6-2-7-13-20)16-19-10-4-1-5-11-19/h1-15,18H,16-17H2. The van der Waals surface area contributed by atoms with Crippen LogP contribution in [0.2, 0.25) is 0 Å². The maximum atomic E-state index is 13.1. The van der Waals surface area contributed by atoms with Gasteiger partial charge in [-0.25, -0.2) is 0 Å². The molecular weight excluding hydrogens is 380 g/mol. The van der Waals surface area contributed by atoms with Crippen LogP contribution in [0.3, 0.4) is 0 Å². The van der Waals surface area contributed by atoms with Crippen LogP contribution >= 0.6 is 11.8 Å². The van der Waals surface area contributed by atoms with Gasteiger partial charge in [0, 0.05) is 11.4 Å². The topological polar surface area (TPSA) is 51.0 Å². The Morgan fingerprint density at radius 1 is 0.862 bits per heavy atom. The number of hydrogen-bond donors (Lipinski definition) is 0. The molecule has 29 heavy (non-hydrogen) atoms. The summed E-state index contributed by atoms with van der Waals surface area (Å²) in [6.07, 6.45) is 1.67. The first kappa shape index (κ1) is 19.0. The monoisotopic (exact) mass is 400 g/mol. The van der Waals surface area contributed by atoms with Crippen molar-refractivity contribution in [1.82, 2.24) is 14.8 Å². The number of rotatable bonds is 7. The highest BCUT2D eigenvalue weighted by Crippen LogP contribution is 2.23. The molecule has 0 aliphatic heterocycles. The number of hydrogen-bond acceptors (Lipinski definition) is 4. The summed E-state index contributed by atoms with van der Waals surface area (Å²) in [6.45, 7) is 0.523. The van der Waals surface area contributed by atoms with E-state index < -0.39 is 0 Å². The van der Waals surface area contributed by atoms with Crippen molar-refractivity contribution in [2.24, 2.45) is 0 Å². The van der Waals surface area contributed by atoms with Crippen molar-refractivity contribution in [3.8, 4) is 5.69 Å². The third kappa shape index (κ3) is 4.73. The van der Waals surface area contributed by atoms with E-state index in [-0.39, 0.29) is 11.7 Å². The molecule has 0 saturated heterocycles. The highest BCUT2D eigenvalue weighted by Gasteiger charge is 2.18. The molecule has 0 aliphatic carbocycles. The number of carbonyl (C=O) groups is 1. The third-order valence-corrected chi connectivity index (χ3v) is 5.36. The second kappa shape index (κ2) is 9.21. The molecule has 0 bridgehead atoms. The highest BCUT2D eigenvalue weighted by atomic mass is 32.2. The van der Waals surface area contributed by atoms with Crippen LogP contribution in [0.25, 0.3) is 5.69 Å². The van der Waals surface area contributed by atoms with E-state index in [9.17, 15) is 4.79 Å². The Kier molecular flexibility index (Phi) is 6.02. The highest BCUT2D eigenvalue weighted by molar-refractivity contribution is 7.99. The Hall–Kier alpha value is -3.38. The van der Waals surface area contributed by atoms with Gasteiger partial charge in [0.25, 0.3) is 0 Å². The van der Waals surface area contributed by atoms with Crippen molar-refractivity contribution in [3.63, 3.8) is 0 Å². The van der Waals surface area contributed by atoms with E-state index >= 15 is 0 Å². The first-order chi connectivity index (χ1) is 14.3. The number of benzene rings is 3. The molecule has 0 aliphatic rings. The number of para-hydroxylation sites is 2. The van der Waals surface area contributed by atoms with E-state index in [2.05, 4.69) is 10.2 Å². The minimum atomic E-state index is 0.0210. The van der Waals surface area contributed by atoms with Crippen LogP contribution in [0.5, 0.6) is 0 Å². The molecule has 4 rings (SSSR count). The molecule has 0 unspecified atom stereocenters. The lowest BCUT2D eigenvalue weighted by Gasteiger charge is -2.23. The number of carbonyl (C=O) groups excluding carboxylic acids is 1. The van der Waals surface area contributed by atoms with Gasteiger partial charge in [0.05, 0.1) is 12.3 Å². The van der Waals surface area contributed by atoms with Crippen LogP contribution in [0.15, 0.2) is 102 Å². The molecule has 0 atom stereocenters. The van der Waals surface area contributed by atoms with Gasteiger partial charge in [-0.1, -0.05) is 78.5 Å². The van der Waals surface area contributed by atoms with E-state index in [0.29, 0.717) is 11.7 Å². The molecule has 0 saturated carbocycles. The van der Waals surface area contributed by atoms with Gasteiger partial charge >= 0.3 is 0 Å². The molecule has 3 aromatic carbocycles. The fourth-order valence-electron chi connectivity index (χ4n) is 2.99. The maximum Gasteiger partial charge on any atom is 0.237 e. The first-order valence-corrected chi connectivity index (χ1v) is 10.3. The minimum absolute atomic E-state index is 0.0210. The Morgan fingerprint density at radius 2 is 1.48 bits per heavy atom. The minimum Gasteiger partial charge on any atom is -0.307 e. The van der Waals surface area contributed by atoms with E-state index in [4.69, 9.17) is 0 Å². The zero-order valence-corrected chi connectivity index (χ0v) is 16.6. The van der Waals surface area contributed by atoms with E-state index in [1.54, 1.807) is 6.33 Å². The average molecular weight is 401 g/mol. The smallest absolute Gasteiger partial charge is 0.237 e. The largest absolute Gasteiger partial charge is 0.307 e. The quantitative estimate of drug-likeness (QED) is 0.426. The van der Waals surface area contributed by atoms with E-state index in [0.717, 1.165) is 16.9 Å². The van der Waals surface area contributed by atoms with Crippen molar-refractivity contribution in [2.75, 3.05) is 10.7 Å². The van der Waals surface area contributed by atoms with Crippen molar-refractivity contribution in [3.05, 3.63) is 103 Å². The zero-order valence-electron chi connectivity index (χ0n) is 15.8. The Bertz CT molecular complexity index is 1050. The lowest BCUT2D eigenvalue weighted by Crippen LogP contribution is -2.32. The predicted molar refractivity (Wildman–Crippen MR) is 116 cm³/mol. The normalized spacial score (nSPS) is 10.6. The Labute approximate surface area is 174 Å². The summed E-state index contributed by atoms with van der Waals surface area (Å²) in [5.41, 5.74) is 2.94. The van der Waals surface area contributed by atoms with Crippen LogP contribution in [-0.4, -0.2) is 26.4 Å². The van der Waals surface area contributed by atoms with Crippen LogP contribution in [0.1, 0.15) is 5.56 Å². The fraction of sp³-hybridized carbons (Fsp3) is 0.0870. The van der Waals surface area contributed by atoms with Gasteiger partial charge in [-0.3, -0.25) is 9.36 Å². The van der Waals surface area contributed by atoms with Crippen LogP contribution in [0, 0.1) is 0 Å². The molecule has 0 radical (unpaired) electrons. The van der Waals surface area contributed by atoms with Gasteiger partial charge < -0.3 is 4.90 Å². The summed E-state index contributed by atoms with van der Waals surface area (Å²) in [5.74, 6) is 0.292. The molecule has 144 valence electrons. The summed E-state index contributed by atoms with van der Waals surface area (Å²) in [4.78, 5) is 14.9. The van der Waals surface area contributed by atoms with Gasteiger partial charge in [0.15, 0.2) is 5.16 Å². The maximum absolute atomic E-state index is 13.1. The summed E-state index contributed by atoms with van der Waals surface area (Å²) in [7, 11) is 0. The van der Waals surface area contributed by atoms with E-state index in [1.807, 2.05) is 100 Å². The van der Waals surface area contributed by atoms with Crippen LogP contribution in [0.4, 0.5) is 5.69 Å². The number of amides is 1. The number of anilines is 1. The SMILES string of the molecule is O=C(CSc1nncn1-c1ccccc1)N(Cc1ccccc1)c1ccccc1. The summed E-state index contributed by atoms with van der Waals surface area (Å²) >= 11 is 1.39. The molecule has 0 N–H and O–H groups in total. The van der Waals surface area contributed by atoms with Crippen molar-refractivity contribution >= 4 is 23.4 Å². The Morgan fingerprint density at radius 3 is 2.17 bits per heavy atom. The molecule has 5 nitrogen and oxygen atoms in total. The molecule has 1 heterocycles. The van der Waals surface area contributed by atoms with Crippen LogP contribution in [-0.2, 0) is 11.3 Å². The van der Waals surface area contributed by atoms with Crippen molar-refractivity contribution < 1.29 is 4.79 Å². The average Bonchev–Trinajstić information content (AvgIpc) is 3.26. The predicted octanol–water partition coefficient (Wildman–Crippen LogP) is 4.59. The lowest BCUT2D eigenvalue weighted by atomic mass is 10.2. The summed E-state index contributed by atoms with van der Waals surface area (Å²) < 4.78 is 1.89. The first-order valence-electron chi connectivity index (χ1n) is 9.29. The molecule has 1 aromatic heterocycles. The van der Waals surface area contributed by atoms with Gasteiger partial charge in [0.1, 0.15) is 6.33 Å². The fourth-order valence-corrected chi connectivity index (χ4v) is 3.80. The summed E-state index contributed by atoms with van der Waals surface area (Å²) in [5, 5.41) is 8.89. The molecule has 1 amide bonds. The van der Waals surface area contributed by atoms with Crippen molar-refractivity contribution in [1.29, 1.82) is 0 Å². The van der Waals surface area contributed by atoms with Gasteiger partial charge in [0.2, 0.25) is 5.91 Å². The lowest BCUT2D eigenvalue weighted by molar-refractivity contribution is -0.116. The third-order valence-electron chi connectivity index (χ3n) is 4.43. The summed E-state index contributed by atoms with van der Waals surface area (Å²) in [6, 6.07) is 29.6. The van der Waals surface area contributed by atoms with Crippen LogP contribution < -0.4 is 4.90 Å². The zero-order chi connectivity index (χ0) is 19.9. The molecule has 4 aromatic rings. The number of aromatic nitrogens is 3. The second-order valence-electron chi connectivity index (χ2n) is 6.41. The van der Waals surface area contributed by atoms with Gasteiger partial charge in [-0.15, -0.1) is 10.2 Å². The Balaban J connectivity index is 1.51. The molecular formula is C23H20N4OS. The number of thioether (sulfide) groups is 1. The number of nitrogens with zero attached hydrogens (tertiary/aromatic N) is 4. The molecule has 0 spiro atoms. The molecule has 0 fully saturated rings.